The summed E-state index contributed by atoms with van der Waals surface area (Å²) in [5, 5.41) is 22.0. The fraction of sp³-hybridized carbons (Fsp3) is 0.432. The maximum Gasteiger partial charge on any atom is 0.408 e. The molecule has 3 heterocycles. The molecule has 6 rings (SSSR count). The maximum atomic E-state index is 14.1. The average Bonchev–Trinajstić information content (AvgIpc) is 3.52. The van der Waals surface area contributed by atoms with Crippen molar-refractivity contribution < 1.29 is 51.7 Å². The molecule has 1 saturated heterocycles. The van der Waals surface area contributed by atoms with Crippen molar-refractivity contribution in [1.29, 1.82) is 0 Å². The second kappa shape index (κ2) is 20.5. The third-order valence-electron chi connectivity index (χ3n) is 11.0. The zero-order valence-electron chi connectivity index (χ0n) is 36.0. The number of rotatable bonds is 21. The van der Waals surface area contributed by atoms with Crippen LogP contribution in [0.5, 0.6) is 11.5 Å². The van der Waals surface area contributed by atoms with Crippen LogP contribution in [0.4, 0.5) is 15.6 Å². The molecule has 4 atom stereocenters. The van der Waals surface area contributed by atoms with Crippen LogP contribution in [-0.4, -0.2) is 103 Å². The molecule has 342 valence electrons. The number of anilines is 2. The Balaban J connectivity index is 1.13. The van der Waals surface area contributed by atoms with E-state index in [1.54, 1.807) is 24.3 Å². The first kappa shape index (κ1) is 47.2. The second-order valence-corrected chi connectivity index (χ2v) is 18.5. The van der Waals surface area contributed by atoms with Gasteiger partial charge in [-0.3, -0.25) is 24.1 Å². The van der Waals surface area contributed by atoms with Gasteiger partial charge in [0.25, 0.3) is 15.9 Å². The Morgan fingerprint density at radius 2 is 1.73 bits per heavy atom. The SMILES string of the molecule is C=C[C@@H]1C[C@]1(NC(=O)[C@@H]1C[C@@H](Oc2cc(-c3csc(NC(C)C)n3)nc3cc(OC)ccc23)CN1C(=O)O)C(=O)NS(=O)(=O)c1ccccc1NC(=O)CCCCCCCC(=O)OC. The number of aromatic nitrogens is 2. The van der Waals surface area contributed by atoms with Crippen LogP contribution in [0.3, 0.4) is 0 Å². The van der Waals surface area contributed by atoms with E-state index in [4.69, 9.17) is 14.5 Å². The van der Waals surface area contributed by atoms with Crippen molar-refractivity contribution in [3.05, 3.63) is 66.6 Å². The zero-order chi connectivity index (χ0) is 46.2. The van der Waals surface area contributed by atoms with Crippen molar-refractivity contribution in [3.63, 3.8) is 0 Å². The predicted octanol–water partition coefficient (Wildman–Crippen LogP) is 6.10. The number of fused-ring (bicyclic) bond motifs is 1. The van der Waals surface area contributed by atoms with Crippen LogP contribution in [0.25, 0.3) is 22.3 Å². The van der Waals surface area contributed by atoms with E-state index in [2.05, 4.69) is 37.0 Å². The number of methoxy groups -OCH3 is 2. The standard InChI is InChI=1S/C44H53N7O11S2/c1-6-27-23-44(27,41(55)50-64(58,59)37-15-13-12-14-31(37)47-38(52)16-10-8-7-9-11-17-39(53)61-5)49-40(54)35-21-29(24-51(35)43(56)57)62-36-22-33(34-25-63-42(48-34)45-26(2)3)46-32-20-28(60-4)18-19-30(32)36/h6,12-15,18-20,22,25-27,29,35H,1,7-11,16-17,21,23-24H2,2-5H3,(H,45,48)(H,47,52)(H,49,54)(H,50,55)(H,56,57)/t27-,29-,35+,44-/m1/s1. The number of carbonyl (C=O) groups is 5. The first-order chi connectivity index (χ1) is 30.6. The second-order valence-electron chi connectivity index (χ2n) is 16.0. The Hall–Kier alpha value is -6.28. The van der Waals surface area contributed by atoms with E-state index in [-0.39, 0.29) is 48.4 Å². The summed E-state index contributed by atoms with van der Waals surface area (Å²) < 4.78 is 46.1. The Morgan fingerprint density at radius 1 is 1.00 bits per heavy atom. The molecule has 4 aromatic rings. The molecule has 2 aliphatic rings. The van der Waals surface area contributed by atoms with Crippen molar-refractivity contribution in [2.24, 2.45) is 5.92 Å². The predicted molar refractivity (Wildman–Crippen MR) is 240 cm³/mol. The number of carboxylic acid groups (broad SMARTS) is 1. The molecule has 18 nitrogen and oxygen atoms in total. The number of para-hydroxylation sites is 1. The van der Waals surface area contributed by atoms with Crippen molar-refractivity contribution >= 4 is 72.9 Å². The minimum Gasteiger partial charge on any atom is -0.497 e. The number of amides is 4. The lowest BCUT2D eigenvalue weighted by Crippen LogP contribution is -2.56. The van der Waals surface area contributed by atoms with Crippen molar-refractivity contribution in [2.75, 3.05) is 31.4 Å². The number of nitrogens with zero attached hydrogens (tertiary/aromatic N) is 3. The molecule has 0 bridgehead atoms. The van der Waals surface area contributed by atoms with Gasteiger partial charge >= 0.3 is 12.1 Å². The molecule has 2 aromatic carbocycles. The number of likely N-dealkylation sites (tertiary alicyclic amines) is 1. The molecule has 1 saturated carbocycles. The summed E-state index contributed by atoms with van der Waals surface area (Å²) >= 11 is 1.42. The lowest BCUT2D eigenvalue weighted by Gasteiger charge is -2.24. The number of esters is 1. The Labute approximate surface area is 375 Å². The molecule has 0 radical (unpaired) electrons. The highest BCUT2D eigenvalue weighted by atomic mass is 32.2. The fourth-order valence-electron chi connectivity index (χ4n) is 7.57. The minimum absolute atomic E-state index is 0.00461. The summed E-state index contributed by atoms with van der Waals surface area (Å²) in [6.45, 7) is 7.56. The molecule has 1 aliphatic carbocycles. The van der Waals surface area contributed by atoms with Crippen LogP contribution in [-0.2, 0) is 33.9 Å². The number of hydrogen-bond acceptors (Lipinski definition) is 14. The number of benzene rings is 2. The largest absolute Gasteiger partial charge is 0.497 e. The van der Waals surface area contributed by atoms with Gasteiger partial charge in [-0.2, -0.15) is 0 Å². The van der Waals surface area contributed by atoms with E-state index >= 15 is 0 Å². The summed E-state index contributed by atoms with van der Waals surface area (Å²) in [6.07, 6.45) is 3.12. The highest BCUT2D eigenvalue weighted by Crippen LogP contribution is 2.45. The molecule has 0 spiro atoms. The fourth-order valence-corrected chi connectivity index (χ4v) is 9.62. The van der Waals surface area contributed by atoms with Crippen molar-refractivity contribution in [2.45, 2.75) is 100 Å². The normalized spacial score (nSPS) is 19.1. The van der Waals surface area contributed by atoms with Gasteiger partial charge in [0.2, 0.25) is 11.8 Å². The lowest BCUT2D eigenvalue weighted by molar-refractivity contribution is -0.140. The molecule has 4 amide bonds. The summed E-state index contributed by atoms with van der Waals surface area (Å²) in [5.74, 6) is -2.30. The molecule has 5 N–H and O–H groups in total. The van der Waals surface area contributed by atoms with Crippen LogP contribution in [0.2, 0.25) is 0 Å². The molecular weight excluding hydrogens is 867 g/mol. The summed E-state index contributed by atoms with van der Waals surface area (Å²) in [4.78, 5) is 74.7. The third kappa shape index (κ3) is 11.3. The Kier molecular flexibility index (Phi) is 15.1. The Morgan fingerprint density at radius 3 is 2.42 bits per heavy atom. The minimum atomic E-state index is -4.61. The third-order valence-corrected chi connectivity index (χ3v) is 13.2. The molecule has 0 unspecified atom stereocenters. The van der Waals surface area contributed by atoms with Crippen LogP contribution < -0.4 is 30.1 Å². The molecular formula is C44H53N7O11S2. The molecule has 2 fully saturated rings. The number of hydrogen-bond donors (Lipinski definition) is 5. The number of nitrogens with one attached hydrogen (secondary N) is 4. The summed E-state index contributed by atoms with van der Waals surface area (Å²) in [6, 6.07) is 11.4. The van der Waals surface area contributed by atoms with Crippen LogP contribution >= 0.6 is 11.3 Å². The average molecular weight is 920 g/mol. The number of ether oxygens (including phenoxy) is 3. The van der Waals surface area contributed by atoms with Gasteiger partial charge in [0.15, 0.2) is 5.13 Å². The van der Waals surface area contributed by atoms with Gasteiger partial charge in [-0.1, -0.05) is 37.5 Å². The number of pyridine rings is 1. The van der Waals surface area contributed by atoms with Gasteiger partial charge in [0.1, 0.15) is 39.8 Å². The van der Waals surface area contributed by atoms with Gasteiger partial charge in [-0.05, 0) is 57.4 Å². The number of unbranched alkanes of at least 4 members (excludes halogenated alkanes) is 4. The van der Waals surface area contributed by atoms with E-state index < -0.39 is 57.4 Å². The topological polar surface area (TPSA) is 245 Å². The molecule has 2 aromatic heterocycles. The smallest absolute Gasteiger partial charge is 0.408 e. The zero-order valence-corrected chi connectivity index (χ0v) is 37.7. The van der Waals surface area contributed by atoms with E-state index in [0.717, 1.165) is 24.2 Å². The molecule has 64 heavy (non-hydrogen) atoms. The lowest BCUT2D eigenvalue weighted by atomic mass is 10.1. The molecule has 20 heteroatoms. The van der Waals surface area contributed by atoms with Gasteiger partial charge in [0, 0.05) is 54.1 Å². The quantitative estimate of drug-likeness (QED) is 0.0361. The number of thiazole rings is 1. The van der Waals surface area contributed by atoms with Crippen LogP contribution in [0.15, 0.2) is 71.5 Å². The van der Waals surface area contributed by atoms with E-state index in [1.807, 2.05) is 19.2 Å². The summed E-state index contributed by atoms with van der Waals surface area (Å²) in [5.41, 5.74) is -0.168. The highest BCUT2D eigenvalue weighted by Gasteiger charge is 2.61. The Bertz CT molecular complexity index is 2510. The van der Waals surface area contributed by atoms with E-state index in [0.29, 0.717) is 58.2 Å². The van der Waals surface area contributed by atoms with Gasteiger partial charge < -0.3 is 35.3 Å². The monoisotopic (exact) mass is 919 g/mol. The van der Waals surface area contributed by atoms with E-state index in [9.17, 15) is 37.5 Å². The van der Waals surface area contributed by atoms with Gasteiger partial charge in [-0.15, -0.1) is 17.9 Å². The number of carbonyl (C=O) groups excluding carboxylic acids is 4. The van der Waals surface area contributed by atoms with Crippen LogP contribution in [0.1, 0.15) is 71.6 Å². The molecule has 1 aliphatic heterocycles. The van der Waals surface area contributed by atoms with Gasteiger partial charge in [0.05, 0.1) is 37.7 Å². The van der Waals surface area contributed by atoms with Crippen molar-refractivity contribution in [3.8, 4) is 22.9 Å². The van der Waals surface area contributed by atoms with Gasteiger partial charge in [-0.25, -0.2) is 27.9 Å². The maximum absolute atomic E-state index is 14.1. The first-order valence-corrected chi connectivity index (χ1v) is 23.3. The first-order valence-electron chi connectivity index (χ1n) is 20.9. The van der Waals surface area contributed by atoms with Crippen molar-refractivity contribution in [1.82, 2.24) is 24.9 Å². The highest BCUT2D eigenvalue weighted by molar-refractivity contribution is 7.90. The van der Waals surface area contributed by atoms with Crippen LogP contribution in [0, 0.1) is 5.92 Å². The van der Waals surface area contributed by atoms with E-state index in [1.165, 1.54) is 55.9 Å². The number of sulfonamides is 1. The summed E-state index contributed by atoms with van der Waals surface area (Å²) in [7, 11) is -1.73.